The molecule has 0 saturated heterocycles. The van der Waals surface area contributed by atoms with Crippen LogP contribution in [0.25, 0.3) is 10.9 Å². The topological polar surface area (TPSA) is 32.9 Å². The molecule has 0 unspecified atom stereocenters. The van der Waals surface area contributed by atoms with Gasteiger partial charge in [-0.05, 0) is 37.0 Å². The lowest BCUT2D eigenvalue weighted by molar-refractivity contribution is -0.115. The highest BCUT2D eigenvalue weighted by atomic mass is 16.1. The number of para-hydroxylation sites is 1. The molecule has 0 aliphatic heterocycles. The van der Waals surface area contributed by atoms with Crippen molar-refractivity contribution in [2.24, 2.45) is 0 Å². The number of benzene rings is 1. The highest BCUT2D eigenvalue weighted by Crippen LogP contribution is 2.19. The molecule has 0 fully saturated rings. The summed E-state index contributed by atoms with van der Waals surface area (Å²) in [4.78, 5) is 14.7. The van der Waals surface area contributed by atoms with E-state index in [2.05, 4.69) is 23.7 Å². The monoisotopic (exact) mass is 227 g/mol. The van der Waals surface area contributed by atoms with Crippen molar-refractivity contribution in [2.75, 3.05) is 0 Å². The van der Waals surface area contributed by atoms with Gasteiger partial charge in [0.2, 0.25) is 0 Å². The van der Waals surface area contributed by atoms with Crippen molar-refractivity contribution in [2.45, 2.75) is 26.2 Å². The van der Waals surface area contributed by atoms with Gasteiger partial charge in [-0.2, -0.15) is 0 Å². The number of aromatic nitrogens is 1. The van der Waals surface area contributed by atoms with Crippen LogP contribution in [0.15, 0.2) is 42.6 Å². The first-order chi connectivity index (χ1) is 8.18. The maximum Gasteiger partial charge on any atom is 0.157 e. The summed E-state index contributed by atoms with van der Waals surface area (Å²) in [5, 5.41) is 1.26. The third-order valence-electron chi connectivity index (χ3n) is 3.00. The van der Waals surface area contributed by atoms with Gasteiger partial charge in [0.25, 0.3) is 0 Å². The summed E-state index contributed by atoms with van der Waals surface area (Å²) in [6.45, 7) is 5.44. The Labute approximate surface area is 101 Å². The van der Waals surface area contributed by atoms with Crippen molar-refractivity contribution in [1.82, 2.24) is 4.98 Å². The molecule has 1 heterocycles. The van der Waals surface area contributed by atoms with E-state index in [1.54, 1.807) is 6.92 Å². The zero-order valence-corrected chi connectivity index (χ0v) is 10.1. The molecule has 17 heavy (non-hydrogen) atoms. The summed E-state index contributed by atoms with van der Waals surface area (Å²) < 4.78 is 0. The summed E-state index contributed by atoms with van der Waals surface area (Å²) in [5.41, 5.74) is 3.10. The molecule has 1 aromatic heterocycles. The van der Waals surface area contributed by atoms with E-state index in [-0.39, 0.29) is 5.78 Å². The van der Waals surface area contributed by atoms with Gasteiger partial charge >= 0.3 is 0 Å². The first-order valence-corrected chi connectivity index (χ1v) is 5.92. The van der Waals surface area contributed by atoms with Gasteiger partial charge in [-0.15, -0.1) is 0 Å². The Bertz CT molecular complexity index is 551. The number of carbonyl (C=O) groups excluding carboxylic acids is 1. The van der Waals surface area contributed by atoms with Crippen LogP contribution in [-0.2, 0) is 11.2 Å². The van der Waals surface area contributed by atoms with Gasteiger partial charge < -0.3 is 4.98 Å². The first kappa shape index (κ1) is 11.6. The zero-order chi connectivity index (χ0) is 12.3. The SMILES string of the molecule is C=C(C)C(=O)CCCc1c[nH]c2ccccc12. The van der Waals surface area contributed by atoms with Crippen LogP contribution in [0.1, 0.15) is 25.3 Å². The Kier molecular flexibility index (Phi) is 3.43. The number of H-pyrrole nitrogens is 1. The summed E-state index contributed by atoms with van der Waals surface area (Å²) >= 11 is 0. The van der Waals surface area contributed by atoms with Gasteiger partial charge in [0.15, 0.2) is 5.78 Å². The van der Waals surface area contributed by atoms with Gasteiger partial charge in [0.05, 0.1) is 0 Å². The van der Waals surface area contributed by atoms with E-state index in [0.29, 0.717) is 12.0 Å². The van der Waals surface area contributed by atoms with E-state index in [1.165, 1.54) is 10.9 Å². The van der Waals surface area contributed by atoms with Crippen LogP contribution in [0.4, 0.5) is 0 Å². The molecule has 0 saturated carbocycles. The Hall–Kier alpha value is -1.83. The summed E-state index contributed by atoms with van der Waals surface area (Å²) in [7, 11) is 0. The summed E-state index contributed by atoms with van der Waals surface area (Å²) in [6.07, 6.45) is 4.45. The molecule has 1 N–H and O–H groups in total. The number of carbonyl (C=O) groups is 1. The highest BCUT2D eigenvalue weighted by Gasteiger charge is 2.05. The van der Waals surface area contributed by atoms with Crippen LogP contribution < -0.4 is 0 Å². The number of allylic oxidation sites excluding steroid dienone is 1. The second kappa shape index (κ2) is 5.00. The third kappa shape index (κ3) is 2.64. The average Bonchev–Trinajstić information content (AvgIpc) is 2.72. The minimum atomic E-state index is 0.171. The van der Waals surface area contributed by atoms with E-state index < -0.39 is 0 Å². The minimum Gasteiger partial charge on any atom is -0.361 e. The smallest absolute Gasteiger partial charge is 0.157 e. The van der Waals surface area contributed by atoms with Crippen LogP contribution in [0, 0.1) is 0 Å². The van der Waals surface area contributed by atoms with Crippen molar-refractivity contribution < 1.29 is 4.79 Å². The number of nitrogens with one attached hydrogen (secondary N) is 1. The molecule has 2 nitrogen and oxygen atoms in total. The molecule has 2 aromatic rings. The van der Waals surface area contributed by atoms with E-state index in [9.17, 15) is 4.79 Å². The Morgan fingerprint density at radius 1 is 1.35 bits per heavy atom. The molecule has 88 valence electrons. The molecule has 0 spiro atoms. The van der Waals surface area contributed by atoms with Crippen LogP contribution >= 0.6 is 0 Å². The first-order valence-electron chi connectivity index (χ1n) is 5.92. The molecule has 0 atom stereocenters. The number of hydrogen-bond donors (Lipinski definition) is 1. The van der Waals surface area contributed by atoms with Crippen molar-refractivity contribution in [3.05, 3.63) is 48.2 Å². The van der Waals surface area contributed by atoms with Crippen LogP contribution in [0.5, 0.6) is 0 Å². The predicted octanol–water partition coefficient (Wildman–Crippen LogP) is 3.64. The van der Waals surface area contributed by atoms with E-state index >= 15 is 0 Å². The van der Waals surface area contributed by atoms with Gasteiger partial charge in [-0.25, -0.2) is 0 Å². The number of rotatable bonds is 5. The number of aromatic amines is 1. The van der Waals surface area contributed by atoms with E-state index in [1.807, 2.05) is 18.3 Å². The molecule has 0 radical (unpaired) electrons. The largest absolute Gasteiger partial charge is 0.361 e. The standard InChI is InChI=1S/C15H17NO/c1-11(2)15(17)9-5-6-12-10-16-14-8-4-3-7-13(12)14/h3-4,7-8,10,16H,1,5-6,9H2,2H3. The normalized spacial score (nSPS) is 10.6. The Balaban J connectivity index is 2.00. The zero-order valence-electron chi connectivity index (χ0n) is 10.1. The second-order valence-corrected chi connectivity index (χ2v) is 4.42. The number of ketones is 1. The lowest BCUT2D eigenvalue weighted by Gasteiger charge is -2.00. The molecule has 1 aromatic carbocycles. The average molecular weight is 227 g/mol. The molecule has 0 amide bonds. The fourth-order valence-corrected chi connectivity index (χ4v) is 1.99. The molecular formula is C15H17NO. The fourth-order valence-electron chi connectivity index (χ4n) is 1.99. The summed E-state index contributed by atoms with van der Waals surface area (Å²) in [5.74, 6) is 0.171. The van der Waals surface area contributed by atoms with Crippen molar-refractivity contribution in [3.63, 3.8) is 0 Å². The number of Topliss-reactive ketones (excluding diaryl/α,β-unsaturated/α-hetero) is 1. The Morgan fingerprint density at radius 3 is 2.88 bits per heavy atom. The molecular weight excluding hydrogens is 210 g/mol. The van der Waals surface area contributed by atoms with E-state index in [0.717, 1.165) is 18.4 Å². The molecule has 0 aliphatic rings. The number of fused-ring (bicyclic) bond motifs is 1. The fraction of sp³-hybridized carbons (Fsp3) is 0.267. The lowest BCUT2D eigenvalue weighted by Crippen LogP contribution is -1.98. The van der Waals surface area contributed by atoms with E-state index in [4.69, 9.17) is 0 Å². The van der Waals surface area contributed by atoms with Gasteiger partial charge in [0, 0.05) is 23.5 Å². The van der Waals surface area contributed by atoms with Gasteiger partial charge in [0.1, 0.15) is 0 Å². The summed E-state index contributed by atoms with van der Waals surface area (Å²) in [6, 6.07) is 8.24. The van der Waals surface area contributed by atoms with Gasteiger partial charge in [-0.3, -0.25) is 4.79 Å². The minimum absolute atomic E-state index is 0.171. The quantitative estimate of drug-likeness (QED) is 0.777. The van der Waals surface area contributed by atoms with Crippen molar-refractivity contribution in [1.29, 1.82) is 0 Å². The van der Waals surface area contributed by atoms with Crippen molar-refractivity contribution >= 4 is 16.7 Å². The highest BCUT2D eigenvalue weighted by molar-refractivity contribution is 5.94. The van der Waals surface area contributed by atoms with Crippen molar-refractivity contribution in [3.8, 4) is 0 Å². The molecule has 0 aliphatic carbocycles. The Morgan fingerprint density at radius 2 is 2.12 bits per heavy atom. The molecule has 2 rings (SSSR count). The lowest BCUT2D eigenvalue weighted by atomic mass is 10.0. The molecule has 2 heteroatoms. The second-order valence-electron chi connectivity index (χ2n) is 4.42. The van der Waals surface area contributed by atoms with Crippen LogP contribution in [0.3, 0.4) is 0 Å². The maximum atomic E-state index is 11.4. The number of aryl methyl sites for hydroxylation is 1. The maximum absolute atomic E-state index is 11.4. The predicted molar refractivity (Wildman–Crippen MR) is 71.1 cm³/mol. The molecule has 0 bridgehead atoms. The third-order valence-corrected chi connectivity index (χ3v) is 3.00. The van der Waals surface area contributed by atoms with Crippen LogP contribution in [0.2, 0.25) is 0 Å². The van der Waals surface area contributed by atoms with Crippen LogP contribution in [-0.4, -0.2) is 10.8 Å². The van der Waals surface area contributed by atoms with Gasteiger partial charge in [-0.1, -0.05) is 24.8 Å². The number of hydrogen-bond acceptors (Lipinski definition) is 1.